The first kappa shape index (κ1) is 30.7. The second kappa shape index (κ2) is 11.1. The van der Waals surface area contributed by atoms with Crippen LogP contribution in [0.15, 0.2) is 194 Å². The van der Waals surface area contributed by atoms with E-state index < -0.39 is 0 Å². The predicted molar refractivity (Wildman–Crippen MR) is 251 cm³/mol. The molecule has 14 aromatic carbocycles. The standard InChI is InChI=1S/C58H32/c1-3-14-33(15-4-1)37-22-7-8-23-40(37)52-48-32-47-41-24-9-18-35-19-10-26-42(49(35)41)53(47)55-45-29-13-25-39-38(34-16-5-2-6-17-34)30-31-46(51(39)45)57(58(48)55)56-44-28-12-21-36-20-11-27-43(50(36)44)54(52)56/h1-32H. The van der Waals surface area contributed by atoms with Gasteiger partial charge in [0.15, 0.2) is 0 Å². The van der Waals surface area contributed by atoms with Gasteiger partial charge in [0, 0.05) is 0 Å². The highest BCUT2D eigenvalue weighted by Crippen LogP contribution is 2.57. The molecule has 58 heavy (non-hydrogen) atoms. The van der Waals surface area contributed by atoms with Crippen LogP contribution in [0.2, 0.25) is 0 Å². The van der Waals surface area contributed by atoms with Gasteiger partial charge in [0.1, 0.15) is 0 Å². The van der Waals surface area contributed by atoms with Crippen LogP contribution in [0, 0.1) is 0 Å². The Kier molecular flexibility index (Phi) is 5.85. The molecule has 264 valence electrons. The monoisotopic (exact) mass is 728 g/mol. The Labute approximate surface area is 333 Å². The molecule has 0 heteroatoms. The van der Waals surface area contributed by atoms with Crippen molar-refractivity contribution in [1.82, 2.24) is 0 Å². The molecule has 14 rings (SSSR count). The minimum Gasteiger partial charge on any atom is -0.0622 e. The molecule has 0 radical (unpaired) electrons. The molecule has 0 heterocycles. The molecule has 0 bridgehead atoms. The van der Waals surface area contributed by atoms with Gasteiger partial charge in [-0.1, -0.05) is 188 Å². The maximum atomic E-state index is 2.58. The zero-order chi connectivity index (χ0) is 37.6. The average Bonchev–Trinajstić information content (AvgIpc) is 3.80. The van der Waals surface area contributed by atoms with Crippen molar-refractivity contribution in [1.29, 1.82) is 0 Å². The number of fused-ring (bicyclic) bond motifs is 10. The van der Waals surface area contributed by atoms with Crippen LogP contribution in [-0.4, -0.2) is 0 Å². The van der Waals surface area contributed by atoms with E-state index in [9.17, 15) is 0 Å². The topological polar surface area (TPSA) is 0 Å². The molecule has 0 aliphatic heterocycles. The summed E-state index contributed by atoms with van der Waals surface area (Å²) in [6.07, 6.45) is 0. The van der Waals surface area contributed by atoms with E-state index in [1.165, 1.54) is 141 Å². The van der Waals surface area contributed by atoms with Crippen molar-refractivity contribution in [3.05, 3.63) is 194 Å². The number of hydrogen-bond donors (Lipinski definition) is 0. The van der Waals surface area contributed by atoms with E-state index in [4.69, 9.17) is 0 Å². The van der Waals surface area contributed by atoms with Crippen molar-refractivity contribution >= 4 is 108 Å². The summed E-state index contributed by atoms with van der Waals surface area (Å²) in [7, 11) is 0. The number of benzene rings is 12. The van der Waals surface area contributed by atoms with Crippen LogP contribution in [0.3, 0.4) is 0 Å². The Hall–Kier alpha value is -7.54. The molecule has 14 aromatic rings. The highest BCUT2D eigenvalue weighted by molar-refractivity contribution is 6.53. The molecular formula is C58H32. The SMILES string of the molecule is c1ccc(-c2ccccc2-c2c3cc4c5cccc6cccc(c65)c4c4c5cccc6c(-c7ccccc7)ccc(c65)c(c5c6cccc7cccc(c25)c76)c34)cc1. The van der Waals surface area contributed by atoms with E-state index in [1.54, 1.807) is 0 Å². The van der Waals surface area contributed by atoms with E-state index in [-0.39, 0.29) is 0 Å². The van der Waals surface area contributed by atoms with Crippen LogP contribution in [0.25, 0.3) is 141 Å². The van der Waals surface area contributed by atoms with Crippen LogP contribution >= 0.6 is 0 Å². The van der Waals surface area contributed by atoms with Crippen LogP contribution in [0.1, 0.15) is 0 Å². The fourth-order valence-electron chi connectivity index (χ4n) is 11.3. The molecule has 0 unspecified atom stereocenters. The molecule has 0 aliphatic carbocycles. The summed E-state index contributed by atoms with van der Waals surface area (Å²) < 4.78 is 0. The Bertz CT molecular complexity index is 3960. The molecular weight excluding hydrogens is 697 g/mol. The quantitative estimate of drug-likeness (QED) is 0.126. The van der Waals surface area contributed by atoms with E-state index >= 15 is 0 Å². The summed E-state index contributed by atoms with van der Waals surface area (Å²) in [5, 5.41) is 26.7. The van der Waals surface area contributed by atoms with Crippen molar-refractivity contribution in [3.8, 4) is 33.4 Å². The van der Waals surface area contributed by atoms with Crippen molar-refractivity contribution in [2.24, 2.45) is 0 Å². The number of hydrogen-bond acceptors (Lipinski definition) is 0. The smallest absolute Gasteiger partial charge is 0.000673 e. The summed E-state index contributed by atoms with van der Waals surface area (Å²) in [4.78, 5) is 0. The van der Waals surface area contributed by atoms with Crippen molar-refractivity contribution in [3.63, 3.8) is 0 Å². The van der Waals surface area contributed by atoms with Gasteiger partial charge in [0.25, 0.3) is 0 Å². The van der Waals surface area contributed by atoms with Crippen molar-refractivity contribution < 1.29 is 0 Å². The van der Waals surface area contributed by atoms with Gasteiger partial charge in [0.05, 0.1) is 0 Å². The van der Waals surface area contributed by atoms with Crippen molar-refractivity contribution in [2.45, 2.75) is 0 Å². The van der Waals surface area contributed by atoms with Gasteiger partial charge in [-0.05, 0) is 147 Å². The Morgan fingerprint density at radius 2 is 0.638 bits per heavy atom. The van der Waals surface area contributed by atoms with Crippen LogP contribution in [0.5, 0.6) is 0 Å². The molecule has 0 saturated carbocycles. The minimum absolute atomic E-state index is 1.23. The van der Waals surface area contributed by atoms with Crippen LogP contribution in [-0.2, 0) is 0 Å². The third-order valence-electron chi connectivity index (χ3n) is 13.4. The van der Waals surface area contributed by atoms with Crippen molar-refractivity contribution in [2.75, 3.05) is 0 Å². The summed E-state index contributed by atoms with van der Waals surface area (Å²) in [6.45, 7) is 0. The lowest BCUT2D eigenvalue weighted by Crippen LogP contribution is -1.94. The normalized spacial score (nSPS) is 12.5. The van der Waals surface area contributed by atoms with Gasteiger partial charge in [-0.25, -0.2) is 0 Å². The third-order valence-corrected chi connectivity index (χ3v) is 13.4. The molecule has 0 spiro atoms. The molecule has 0 aliphatic rings. The largest absolute Gasteiger partial charge is 0.0622 e. The molecule has 0 fully saturated rings. The van der Waals surface area contributed by atoms with Crippen LogP contribution < -0.4 is 0 Å². The number of rotatable bonds is 3. The first-order valence-corrected chi connectivity index (χ1v) is 20.4. The fourth-order valence-corrected chi connectivity index (χ4v) is 11.3. The van der Waals surface area contributed by atoms with E-state index in [0.717, 1.165) is 0 Å². The second-order valence-electron chi connectivity index (χ2n) is 16.2. The molecule has 0 N–H and O–H groups in total. The highest BCUT2D eigenvalue weighted by atomic mass is 14.3. The lowest BCUT2D eigenvalue weighted by atomic mass is 9.80. The Morgan fingerprint density at radius 1 is 0.190 bits per heavy atom. The Morgan fingerprint density at radius 3 is 1.33 bits per heavy atom. The highest BCUT2D eigenvalue weighted by Gasteiger charge is 2.28. The average molecular weight is 729 g/mol. The first-order chi connectivity index (χ1) is 28.8. The van der Waals surface area contributed by atoms with E-state index in [2.05, 4.69) is 194 Å². The predicted octanol–water partition coefficient (Wildman–Crippen LogP) is 16.5. The van der Waals surface area contributed by atoms with E-state index in [1.807, 2.05) is 0 Å². The maximum Gasteiger partial charge on any atom is -0.000673 e. The molecule has 0 atom stereocenters. The second-order valence-corrected chi connectivity index (χ2v) is 16.2. The van der Waals surface area contributed by atoms with Gasteiger partial charge >= 0.3 is 0 Å². The fraction of sp³-hybridized carbons (Fsp3) is 0. The lowest BCUT2D eigenvalue weighted by Gasteiger charge is -2.22. The third kappa shape index (κ3) is 3.76. The lowest BCUT2D eigenvalue weighted by molar-refractivity contribution is 1.61. The zero-order valence-electron chi connectivity index (χ0n) is 31.5. The van der Waals surface area contributed by atoms with Gasteiger partial charge in [-0.15, -0.1) is 0 Å². The molecule has 0 aromatic heterocycles. The van der Waals surface area contributed by atoms with Gasteiger partial charge in [-0.2, -0.15) is 0 Å². The van der Waals surface area contributed by atoms with E-state index in [0.29, 0.717) is 0 Å². The summed E-state index contributed by atoms with van der Waals surface area (Å²) >= 11 is 0. The summed E-state index contributed by atoms with van der Waals surface area (Å²) in [5.74, 6) is 0. The zero-order valence-corrected chi connectivity index (χ0v) is 31.5. The van der Waals surface area contributed by atoms with Gasteiger partial charge < -0.3 is 0 Å². The molecule has 0 amide bonds. The van der Waals surface area contributed by atoms with Gasteiger partial charge in [-0.3, -0.25) is 0 Å². The molecule has 0 saturated heterocycles. The maximum absolute atomic E-state index is 2.58. The minimum atomic E-state index is 1.23. The molecule has 0 nitrogen and oxygen atoms in total. The van der Waals surface area contributed by atoms with Crippen LogP contribution in [0.4, 0.5) is 0 Å². The first-order valence-electron chi connectivity index (χ1n) is 20.4. The Balaban J connectivity index is 1.36. The summed E-state index contributed by atoms with van der Waals surface area (Å²) in [5.41, 5.74) is 7.58. The van der Waals surface area contributed by atoms with Gasteiger partial charge in [0.2, 0.25) is 0 Å². The summed E-state index contributed by atoms with van der Waals surface area (Å²) in [6, 6.07) is 73.1.